The third-order valence-corrected chi connectivity index (χ3v) is 6.45. The Labute approximate surface area is 220 Å². The number of rotatable bonds is 8. The molecule has 186 valence electrons. The Morgan fingerprint density at radius 1 is 1.09 bits per heavy atom. The van der Waals surface area contributed by atoms with Crippen LogP contribution in [0.15, 0.2) is 61.1 Å². The number of aryl methyl sites for hydroxylation is 1. The normalized spacial score (nSPS) is 15.7. The van der Waals surface area contributed by atoms with E-state index in [2.05, 4.69) is 40.4 Å². The van der Waals surface area contributed by atoms with Gasteiger partial charge in [-0.25, -0.2) is 4.98 Å². The number of piperazine rings is 1. The monoisotopic (exact) mass is 513 g/mol. The van der Waals surface area contributed by atoms with Gasteiger partial charge in [-0.15, -0.1) is 24.8 Å². The van der Waals surface area contributed by atoms with Crippen molar-refractivity contribution in [2.75, 3.05) is 18.0 Å². The lowest BCUT2D eigenvalue weighted by atomic mass is 10.0. The second kappa shape index (κ2) is 13.3. The fraction of sp³-hybridized carbons (Fsp3) is 0.370. The first-order chi connectivity index (χ1) is 16.1. The van der Waals surface area contributed by atoms with Crippen molar-refractivity contribution in [2.24, 2.45) is 0 Å². The van der Waals surface area contributed by atoms with Crippen LogP contribution in [0.25, 0.3) is 0 Å². The maximum Gasteiger partial charge on any atom is 0.241 e. The lowest BCUT2D eigenvalue weighted by Gasteiger charge is -2.41. The van der Waals surface area contributed by atoms with E-state index in [0.717, 1.165) is 41.8 Å². The maximum atomic E-state index is 13.2. The molecule has 1 aliphatic heterocycles. The highest BCUT2D eigenvalue weighted by molar-refractivity contribution is 5.96. The second-order valence-corrected chi connectivity index (χ2v) is 8.81. The summed E-state index contributed by atoms with van der Waals surface area (Å²) in [4.78, 5) is 21.9. The molecule has 3 aromatic rings. The highest BCUT2D eigenvalue weighted by atomic mass is 35.5. The van der Waals surface area contributed by atoms with E-state index in [1.165, 1.54) is 0 Å². The minimum absolute atomic E-state index is 0. The van der Waals surface area contributed by atoms with E-state index in [9.17, 15) is 4.79 Å². The number of nitriles is 1. The number of halogens is 2. The topological polar surface area (TPSA) is 65.2 Å². The van der Waals surface area contributed by atoms with Gasteiger partial charge in [-0.1, -0.05) is 50.1 Å². The third-order valence-electron chi connectivity index (χ3n) is 6.45. The zero-order valence-electron chi connectivity index (χ0n) is 20.3. The minimum Gasteiger partial charge on any atom is -0.329 e. The van der Waals surface area contributed by atoms with E-state index in [-0.39, 0.29) is 30.7 Å². The summed E-state index contributed by atoms with van der Waals surface area (Å²) >= 11 is 0. The van der Waals surface area contributed by atoms with Crippen LogP contribution in [0.2, 0.25) is 0 Å². The van der Waals surface area contributed by atoms with Crippen LogP contribution >= 0.6 is 24.8 Å². The number of benzene rings is 2. The van der Waals surface area contributed by atoms with Crippen molar-refractivity contribution in [1.29, 1.82) is 5.26 Å². The summed E-state index contributed by atoms with van der Waals surface area (Å²) in [5.74, 6) is 0.148. The average molecular weight is 515 g/mol. The van der Waals surface area contributed by atoms with Gasteiger partial charge in [0.05, 0.1) is 30.2 Å². The number of unbranched alkanes of at least 4 members (excludes halogenated alkanes) is 1. The molecule has 2 aromatic carbocycles. The molecule has 0 N–H and O–H groups in total. The van der Waals surface area contributed by atoms with Gasteiger partial charge in [0, 0.05) is 37.6 Å². The first-order valence-electron chi connectivity index (χ1n) is 11.7. The van der Waals surface area contributed by atoms with E-state index in [1.807, 2.05) is 59.9 Å². The molecular formula is C27H33Cl2N5O. The van der Waals surface area contributed by atoms with Crippen molar-refractivity contribution < 1.29 is 4.79 Å². The number of amides is 1. The summed E-state index contributed by atoms with van der Waals surface area (Å²) in [6.45, 7) is 6.79. The molecule has 6 nitrogen and oxygen atoms in total. The molecule has 35 heavy (non-hydrogen) atoms. The molecule has 0 spiro atoms. The van der Waals surface area contributed by atoms with Crippen LogP contribution in [-0.4, -0.2) is 39.5 Å². The zero-order valence-corrected chi connectivity index (χ0v) is 21.9. The van der Waals surface area contributed by atoms with Crippen LogP contribution < -0.4 is 4.90 Å². The van der Waals surface area contributed by atoms with Crippen molar-refractivity contribution in [3.05, 3.63) is 83.4 Å². The van der Waals surface area contributed by atoms with Gasteiger partial charge in [0.25, 0.3) is 0 Å². The fourth-order valence-corrected chi connectivity index (χ4v) is 4.53. The van der Waals surface area contributed by atoms with Gasteiger partial charge in [0.15, 0.2) is 0 Å². The van der Waals surface area contributed by atoms with Crippen LogP contribution in [0, 0.1) is 18.3 Å². The first kappa shape index (κ1) is 28.4. The maximum absolute atomic E-state index is 13.2. The molecule has 0 radical (unpaired) electrons. The molecule has 8 heteroatoms. The number of anilines is 1. The summed E-state index contributed by atoms with van der Waals surface area (Å²) in [7, 11) is 0. The summed E-state index contributed by atoms with van der Waals surface area (Å²) in [5.41, 5.74) is 5.03. The van der Waals surface area contributed by atoms with Gasteiger partial charge in [-0.05, 0) is 42.7 Å². The molecular weight excluding hydrogens is 481 g/mol. The zero-order chi connectivity index (χ0) is 23.2. The molecule has 0 aliphatic carbocycles. The van der Waals surface area contributed by atoms with Gasteiger partial charge >= 0.3 is 0 Å². The number of imidazole rings is 1. The Morgan fingerprint density at radius 2 is 1.83 bits per heavy atom. The number of carbonyl (C=O) groups is 1. The molecule has 4 rings (SSSR count). The molecule has 1 atom stereocenters. The standard InChI is InChI=1S/C27H31N5O.2ClH/c1-3-4-8-24-18-32(26-9-6-5-7-21(26)2)27(33)19-30(24)17-25-15-29-20-31(25)16-23-12-10-22(14-28)11-13-23;;/h5-7,9-13,15,20,24H,3-4,8,16-19H2,1-2H3;2*1H/t24-;;/m0../s1. The number of aromatic nitrogens is 2. The third kappa shape index (κ3) is 6.85. The molecule has 1 aliphatic rings. The van der Waals surface area contributed by atoms with E-state index >= 15 is 0 Å². The first-order valence-corrected chi connectivity index (χ1v) is 11.7. The van der Waals surface area contributed by atoms with E-state index in [1.54, 1.807) is 0 Å². The number of carbonyl (C=O) groups excluding carboxylic acids is 1. The van der Waals surface area contributed by atoms with Crippen molar-refractivity contribution in [3.63, 3.8) is 0 Å². The predicted molar refractivity (Wildman–Crippen MR) is 144 cm³/mol. The Bertz CT molecular complexity index is 1140. The Balaban J connectivity index is 0.00000216. The van der Waals surface area contributed by atoms with E-state index < -0.39 is 0 Å². The molecule has 0 unspecified atom stereocenters. The second-order valence-electron chi connectivity index (χ2n) is 8.81. The smallest absolute Gasteiger partial charge is 0.241 e. The highest BCUT2D eigenvalue weighted by Gasteiger charge is 2.33. The molecule has 0 bridgehead atoms. The van der Waals surface area contributed by atoms with Crippen LogP contribution in [0.1, 0.15) is 48.6 Å². The highest BCUT2D eigenvalue weighted by Crippen LogP contribution is 2.26. The van der Waals surface area contributed by atoms with E-state index in [0.29, 0.717) is 37.8 Å². The lowest BCUT2D eigenvalue weighted by Crippen LogP contribution is -2.56. The average Bonchev–Trinajstić information content (AvgIpc) is 3.26. The summed E-state index contributed by atoms with van der Waals surface area (Å²) in [6.07, 6.45) is 7.09. The molecule has 1 saturated heterocycles. The van der Waals surface area contributed by atoms with Crippen molar-refractivity contribution >= 4 is 36.4 Å². The van der Waals surface area contributed by atoms with Crippen molar-refractivity contribution in [2.45, 2.75) is 52.2 Å². The van der Waals surface area contributed by atoms with Gasteiger partial charge in [-0.3, -0.25) is 9.69 Å². The summed E-state index contributed by atoms with van der Waals surface area (Å²) in [6, 6.07) is 18.3. The van der Waals surface area contributed by atoms with Gasteiger partial charge in [-0.2, -0.15) is 5.26 Å². The number of nitrogens with zero attached hydrogens (tertiary/aromatic N) is 5. The van der Waals surface area contributed by atoms with Gasteiger partial charge in [0.2, 0.25) is 5.91 Å². The van der Waals surface area contributed by atoms with Crippen LogP contribution in [0.5, 0.6) is 0 Å². The van der Waals surface area contributed by atoms with Crippen LogP contribution in [-0.2, 0) is 17.9 Å². The van der Waals surface area contributed by atoms with Gasteiger partial charge < -0.3 is 9.47 Å². The summed E-state index contributed by atoms with van der Waals surface area (Å²) < 4.78 is 2.14. The Morgan fingerprint density at radius 3 is 2.51 bits per heavy atom. The van der Waals surface area contributed by atoms with E-state index in [4.69, 9.17) is 5.26 Å². The lowest BCUT2D eigenvalue weighted by molar-refractivity contribution is -0.122. The largest absolute Gasteiger partial charge is 0.329 e. The van der Waals surface area contributed by atoms with Crippen molar-refractivity contribution in [1.82, 2.24) is 14.5 Å². The minimum atomic E-state index is 0. The quantitative estimate of drug-likeness (QED) is 0.406. The summed E-state index contributed by atoms with van der Waals surface area (Å²) in [5, 5.41) is 9.02. The van der Waals surface area contributed by atoms with Crippen LogP contribution in [0.4, 0.5) is 5.69 Å². The molecule has 2 heterocycles. The van der Waals surface area contributed by atoms with Gasteiger partial charge in [0.1, 0.15) is 0 Å². The Kier molecular flexibility index (Phi) is 10.8. The number of hydrogen-bond donors (Lipinski definition) is 0. The predicted octanol–water partition coefficient (Wildman–Crippen LogP) is 5.36. The van der Waals surface area contributed by atoms with Crippen molar-refractivity contribution in [3.8, 4) is 6.07 Å². The number of para-hydroxylation sites is 1. The molecule has 0 saturated carbocycles. The SMILES string of the molecule is CCCC[C@H]1CN(c2ccccc2C)C(=O)CN1Cc1cncn1Cc1ccc(C#N)cc1.Cl.Cl. The number of hydrogen-bond acceptors (Lipinski definition) is 4. The molecule has 1 fully saturated rings. The fourth-order valence-electron chi connectivity index (χ4n) is 4.53. The molecule has 1 aromatic heterocycles. The Hall–Kier alpha value is -2.85. The molecule has 1 amide bonds. The van der Waals surface area contributed by atoms with Crippen LogP contribution in [0.3, 0.4) is 0 Å².